The maximum Gasteiger partial charge on any atom is 0.573 e. The van der Waals surface area contributed by atoms with E-state index >= 15 is 0 Å². The summed E-state index contributed by atoms with van der Waals surface area (Å²) in [5.41, 5.74) is 10.5. The Morgan fingerprint density at radius 3 is 2.43 bits per heavy atom. The highest BCUT2D eigenvalue weighted by atomic mass is 19.4. The number of benzene rings is 1. The predicted molar refractivity (Wildman–Crippen MR) is 133 cm³/mol. The lowest BCUT2D eigenvalue weighted by Gasteiger charge is -2.34. The van der Waals surface area contributed by atoms with Crippen molar-refractivity contribution in [2.45, 2.75) is 19.2 Å². The quantitative estimate of drug-likeness (QED) is 0.175. The molecular weight excluding hydrogens is 495 g/mol. The Labute approximate surface area is 210 Å². The molecule has 2 heterocycles. The molecule has 1 aromatic heterocycles. The number of aromatic amines is 1. The highest BCUT2D eigenvalue weighted by Gasteiger charge is 2.32. The fourth-order valence-corrected chi connectivity index (χ4v) is 3.73. The summed E-state index contributed by atoms with van der Waals surface area (Å²) in [7, 11) is 0. The van der Waals surface area contributed by atoms with Crippen LogP contribution >= 0.6 is 0 Å². The topological polar surface area (TPSA) is 167 Å². The minimum atomic E-state index is -4.92. The van der Waals surface area contributed by atoms with Gasteiger partial charge in [-0.05, 0) is 25.0 Å². The van der Waals surface area contributed by atoms with Gasteiger partial charge < -0.3 is 31.3 Å². The standard InChI is InChI=1S/C22H30F3N9O3/c23-22(24,25)37-17-5-2-1-4-16(17)30-21(36)32-20-29-14-15(18(35)31-20)6-9-34-12-10-33(11-13-34)8-3-7-28-19(26)27/h1-2,4-5,14H,3,6-13H2,(H4,26,27,28)(H3,29,30,31,32,35,36). The van der Waals surface area contributed by atoms with Crippen LogP contribution in [0.3, 0.4) is 0 Å². The Kier molecular flexibility index (Phi) is 9.68. The van der Waals surface area contributed by atoms with Crippen molar-refractivity contribution in [2.75, 3.05) is 56.4 Å². The number of hydrogen-bond acceptors (Lipinski definition) is 7. The molecule has 1 saturated heterocycles. The van der Waals surface area contributed by atoms with Crippen molar-refractivity contribution >= 4 is 23.6 Å². The summed E-state index contributed by atoms with van der Waals surface area (Å²) in [6, 6.07) is 4.17. The van der Waals surface area contributed by atoms with Gasteiger partial charge in [0.15, 0.2) is 11.7 Å². The fraction of sp³-hybridized carbons (Fsp3) is 0.455. The molecule has 0 saturated carbocycles. The van der Waals surface area contributed by atoms with Crippen LogP contribution in [0.2, 0.25) is 0 Å². The van der Waals surface area contributed by atoms with Crippen LogP contribution in [-0.4, -0.2) is 83.9 Å². The van der Waals surface area contributed by atoms with E-state index in [-0.39, 0.29) is 17.6 Å². The molecule has 15 heteroatoms. The van der Waals surface area contributed by atoms with Crippen molar-refractivity contribution in [1.29, 1.82) is 0 Å². The molecule has 0 aliphatic carbocycles. The normalized spacial score (nSPS) is 14.7. The van der Waals surface area contributed by atoms with E-state index < -0.39 is 23.7 Å². The van der Waals surface area contributed by atoms with Crippen LogP contribution < -0.4 is 32.4 Å². The van der Waals surface area contributed by atoms with Crippen molar-refractivity contribution in [3.05, 3.63) is 46.4 Å². The molecule has 0 unspecified atom stereocenters. The van der Waals surface area contributed by atoms with Crippen molar-refractivity contribution in [3.8, 4) is 5.75 Å². The van der Waals surface area contributed by atoms with Crippen LogP contribution in [0.15, 0.2) is 40.2 Å². The molecule has 2 amide bonds. The van der Waals surface area contributed by atoms with Crippen LogP contribution in [0, 0.1) is 0 Å². The molecule has 7 N–H and O–H groups in total. The number of ether oxygens (including phenoxy) is 1. The minimum Gasteiger partial charge on any atom is -0.404 e. The van der Waals surface area contributed by atoms with Crippen LogP contribution in [0.1, 0.15) is 12.0 Å². The number of piperazine rings is 1. The first-order valence-corrected chi connectivity index (χ1v) is 11.6. The van der Waals surface area contributed by atoms with Gasteiger partial charge in [0.1, 0.15) is 0 Å². The number of nitrogens with one attached hydrogen (secondary N) is 3. The van der Waals surface area contributed by atoms with Gasteiger partial charge in [0, 0.05) is 57.6 Å². The predicted octanol–water partition coefficient (Wildman–Crippen LogP) is 1.14. The van der Waals surface area contributed by atoms with Crippen LogP contribution in [-0.2, 0) is 6.42 Å². The van der Waals surface area contributed by atoms with Crippen molar-refractivity contribution in [2.24, 2.45) is 16.5 Å². The molecule has 202 valence electrons. The summed E-state index contributed by atoms with van der Waals surface area (Å²) in [5.74, 6) is -0.620. The fourth-order valence-electron chi connectivity index (χ4n) is 3.73. The van der Waals surface area contributed by atoms with Gasteiger partial charge in [-0.1, -0.05) is 12.1 Å². The van der Waals surface area contributed by atoms with Gasteiger partial charge in [0.05, 0.1) is 5.69 Å². The molecule has 12 nitrogen and oxygen atoms in total. The third kappa shape index (κ3) is 9.61. The second-order valence-corrected chi connectivity index (χ2v) is 8.30. The summed E-state index contributed by atoms with van der Waals surface area (Å²) in [6.45, 7) is 5.74. The third-order valence-corrected chi connectivity index (χ3v) is 5.56. The molecule has 1 aliphatic heterocycles. The van der Waals surface area contributed by atoms with E-state index in [4.69, 9.17) is 11.5 Å². The smallest absolute Gasteiger partial charge is 0.404 e. The van der Waals surface area contributed by atoms with Gasteiger partial charge >= 0.3 is 12.4 Å². The number of H-pyrrole nitrogens is 1. The molecule has 0 radical (unpaired) electrons. The molecule has 37 heavy (non-hydrogen) atoms. The number of carbonyl (C=O) groups excluding carboxylic acids is 1. The molecule has 1 fully saturated rings. The number of para-hydroxylation sites is 2. The van der Waals surface area contributed by atoms with E-state index in [0.717, 1.165) is 45.2 Å². The lowest BCUT2D eigenvalue weighted by molar-refractivity contribution is -0.274. The monoisotopic (exact) mass is 525 g/mol. The number of amides is 2. The van der Waals surface area contributed by atoms with E-state index in [1.807, 2.05) is 0 Å². The van der Waals surface area contributed by atoms with Crippen LogP contribution in [0.4, 0.5) is 29.6 Å². The van der Waals surface area contributed by atoms with Gasteiger partial charge in [0.25, 0.3) is 5.56 Å². The average molecular weight is 526 g/mol. The van der Waals surface area contributed by atoms with Crippen LogP contribution in [0.25, 0.3) is 0 Å². The lowest BCUT2D eigenvalue weighted by atomic mass is 10.2. The number of urea groups is 1. The maximum atomic E-state index is 12.5. The third-order valence-electron chi connectivity index (χ3n) is 5.56. The first-order valence-electron chi connectivity index (χ1n) is 11.6. The number of anilines is 2. The number of nitrogens with zero attached hydrogens (tertiary/aromatic N) is 4. The molecule has 0 atom stereocenters. The number of rotatable bonds is 10. The van der Waals surface area contributed by atoms with E-state index in [0.29, 0.717) is 25.1 Å². The van der Waals surface area contributed by atoms with Crippen LogP contribution in [0.5, 0.6) is 5.75 Å². The Balaban J connectivity index is 1.45. The number of halogens is 3. The largest absolute Gasteiger partial charge is 0.573 e. The van der Waals surface area contributed by atoms with E-state index in [1.165, 1.54) is 24.4 Å². The summed E-state index contributed by atoms with van der Waals surface area (Å²) in [4.78, 5) is 39.7. The minimum absolute atomic E-state index is 0.0992. The molecule has 1 aliphatic rings. The number of alkyl halides is 3. The molecule has 1 aromatic carbocycles. The first-order chi connectivity index (χ1) is 17.6. The lowest BCUT2D eigenvalue weighted by Crippen LogP contribution is -2.47. The first kappa shape index (κ1) is 27.7. The highest BCUT2D eigenvalue weighted by Crippen LogP contribution is 2.29. The van der Waals surface area contributed by atoms with Crippen molar-refractivity contribution in [3.63, 3.8) is 0 Å². The van der Waals surface area contributed by atoms with Gasteiger partial charge in [-0.3, -0.25) is 20.1 Å². The number of hydrogen-bond donors (Lipinski definition) is 5. The number of aromatic nitrogens is 2. The van der Waals surface area contributed by atoms with E-state index in [1.54, 1.807) is 0 Å². The summed E-state index contributed by atoms with van der Waals surface area (Å²) >= 11 is 0. The highest BCUT2D eigenvalue weighted by molar-refractivity contribution is 5.99. The SMILES string of the molecule is NC(N)=NCCCN1CCN(CCc2cnc(NC(=O)Nc3ccccc3OC(F)(F)F)[nH]c2=O)CC1. The van der Waals surface area contributed by atoms with Gasteiger partial charge in [-0.15, -0.1) is 13.2 Å². The second-order valence-electron chi connectivity index (χ2n) is 8.30. The number of nitrogens with two attached hydrogens (primary N) is 2. The Morgan fingerprint density at radius 1 is 1.11 bits per heavy atom. The molecule has 2 aromatic rings. The zero-order chi connectivity index (χ0) is 26.8. The number of aliphatic imine (C=N–C) groups is 1. The molecular formula is C22H30F3N9O3. The van der Waals surface area contributed by atoms with E-state index in [2.05, 4.69) is 40.1 Å². The Bertz CT molecular complexity index is 1130. The molecule has 0 bridgehead atoms. The van der Waals surface area contributed by atoms with Crippen molar-refractivity contribution in [1.82, 2.24) is 19.8 Å². The summed E-state index contributed by atoms with van der Waals surface area (Å²) in [5, 5.41) is 4.54. The second kappa shape index (κ2) is 12.9. The van der Waals surface area contributed by atoms with Gasteiger partial charge in [0.2, 0.25) is 5.95 Å². The maximum absolute atomic E-state index is 12.5. The van der Waals surface area contributed by atoms with E-state index in [9.17, 15) is 22.8 Å². The number of guanidine groups is 1. The average Bonchev–Trinajstić information content (AvgIpc) is 2.82. The Hall–Kier alpha value is -3.85. The summed E-state index contributed by atoms with van der Waals surface area (Å²) < 4.78 is 41.5. The molecule has 0 spiro atoms. The molecule has 3 rings (SSSR count). The zero-order valence-corrected chi connectivity index (χ0v) is 20.1. The number of carbonyl (C=O) groups is 1. The van der Waals surface area contributed by atoms with Gasteiger partial charge in [-0.25, -0.2) is 9.78 Å². The Morgan fingerprint density at radius 2 is 1.78 bits per heavy atom. The summed E-state index contributed by atoms with van der Waals surface area (Å²) in [6.07, 6.45) is -2.19. The zero-order valence-electron chi connectivity index (χ0n) is 20.1. The van der Waals surface area contributed by atoms with Crippen molar-refractivity contribution < 1.29 is 22.7 Å². The van der Waals surface area contributed by atoms with Gasteiger partial charge in [-0.2, -0.15) is 0 Å².